The van der Waals surface area contributed by atoms with Crippen LogP contribution in [-0.4, -0.2) is 29.1 Å². The number of nitrogen functional groups attached to an aromatic ring is 1. The van der Waals surface area contributed by atoms with Gasteiger partial charge < -0.3 is 15.6 Å². The first-order chi connectivity index (χ1) is 11.9. The molecule has 2 aromatic rings. The SMILES string of the molecule is CCc1nc(N)sc1C(=O)N/N=C\c1cc(OC)c([O-])c([N+](=O)[O-])c1. The first-order valence-electron chi connectivity index (χ1n) is 6.99. The van der Waals surface area contributed by atoms with Gasteiger partial charge in [0.2, 0.25) is 0 Å². The average Bonchev–Trinajstić information content (AvgIpc) is 2.96. The number of carbonyl (C=O) groups is 1. The summed E-state index contributed by atoms with van der Waals surface area (Å²) in [4.78, 5) is 26.6. The molecule has 132 valence electrons. The van der Waals surface area contributed by atoms with Gasteiger partial charge in [-0.05, 0) is 12.5 Å². The zero-order chi connectivity index (χ0) is 18.6. The number of aryl methyl sites for hydroxylation is 1. The fourth-order valence-corrected chi connectivity index (χ4v) is 2.78. The Kier molecular flexibility index (Phi) is 5.49. The van der Waals surface area contributed by atoms with Gasteiger partial charge in [-0.25, -0.2) is 10.4 Å². The van der Waals surface area contributed by atoms with Crippen molar-refractivity contribution in [1.82, 2.24) is 10.4 Å². The minimum Gasteiger partial charge on any atom is -0.865 e. The Morgan fingerprint density at radius 3 is 2.88 bits per heavy atom. The summed E-state index contributed by atoms with van der Waals surface area (Å²) in [6.45, 7) is 1.84. The lowest BCUT2D eigenvalue weighted by atomic mass is 10.2. The van der Waals surface area contributed by atoms with Crippen LogP contribution in [-0.2, 0) is 6.42 Å². The van der Waals surface area contributed by atoms with Crippen molar-refractivity contribution in [2.45, 2.75) is 13.3 Å². The number of aromatic nitrogens is 1. The van der Waals surface area contributed by atoms with E-state index in [9.17, 15) is 20.0 Å². The zero-order valence-corrected chi connectivity index (χ0v) is 14.1. The second-order valence-corrected chi connectivity index (χ2v) is 5.74. The van der Waals surface area contributed by atoms with Crippen molar-refractivity contribution in [1.29, 1.82) is 0 Å². The molecule has 0 spiro atoms. The number of nitrogens with one attached hydrogen (secondary N) is 1. The predicted octanol–water partition coefficient (Wildman–Crippen LogP) is 1.04. The van der Waals surface area contributed by atoms with Gasteiger partial charge in [-0.15, -0.1) is 0 Å². The summed E-state index contributed by atoms with van der Waals surface area (Å²) in [5.74, 6) is -1.52. The maximum atomic E-state index is 12.1. The minimum absolute atomic E-state index is 0.189. The van der Waals surface area contributed by atoms with Crippen LogP contribution in [0.1, 0.15) is 27.9 Å². The normalized spacial score (nSPS) is 10.8. The zero-order valence-electron chi connectivity index (χ0n) is 13.3. The monoisotopic (exact) mass is 364 g/mol. The fourth-order valence-electron chi connectivity index (χ4n) is 1.97. The number of nitro groups is 1. The lowest BCUT2D eigenvalue weighted by molar-refractivity contribution is -0.398. The summed E-state index contributed by atoms with van der Waals surface area (Å²) in [6, 6.07) is 2.33. The van der Waals surface area contributed by atoms with E-state index >= 15 is 0 Å². The highest BCUT2D eigenvalue weighted by molar-refractivity contribution is 7.17. The van der Waals surface area contributed by atoms with Gasteiger partial charge in [0.15, 0.2) is 5.13 Å². The van der Waals surface area contributed by atoms with Gasteiger partial charge >= 0.3 is 0 Å². The maximum absolute atomic E-state index is 12.1. The summed E-state index contributed by atoms with van der Waals surface area (Å²) in [5, 5.41) is 26.7. The van der Waals surface area contributed by atoms with Gasteiger partial charge in [-0.1, -0.05) is 18.3 Å². The van der Waals surface area contributed by atoms with E-state index in [0.717, 1.165) is 17.4 Å². The Labute approximate surface area is 146 Å². The van der Waals surface area contributed by atoms with Crippen molar-refractivity contribution < 1.29 is 19.6 Å². The van der Waals surface area contributed by atoms with Crippen molar-refractivity contribution in [3.63, 3.8) is 0 Å². The third-order valence-electron chi connectivity index (χ3n) is 3.11. The highest BCUT2D eigenvalue weighted by atomic mass is 32.1. The second kappa shape index (κ2) is 7.57. The second-order valence-electron chi connectivity index (χ2n) is 4.71. The number of benzene rings is 1. The van der Waals surface area contributed by atoms with Crippen molar-refractivity contribution in [2.75, 3.05) is 12.8 Å². The van der Waals surface area contributed by atoms with E-state index in [1.165, 1.54) is 19.4 Å². The molecule has 10 nitrogen and oxygen atoms in total. The standard InChI is InChI=1S/C14H15N5O5S/c1-3-8-12(25-14(15)17-8)13(21)18-16-6-7-4-9(19(22)23)11(20)10(5-7)24-2/h4-6,20H,3H2,1-2H3,(H2,15,17)(H,18,21)/p-1/b16-6-. The van der Waals surface area contributed by atoms with Crippen molar-refractivity contribution in [3.8, 4) is 11.5 Å². The molecule has 11 heteroatoms. The predicted molar refractivity (Wildman–Crippen MR) is 90.1 cm³/mol. The number of hydrogen-bond acceptors (Lipinski definition) is 9. The quantitative estimate of drug-likeness (QED) is 0.440. The molecule has 0 atom stereocenters. The molecule has 1 heterocycles. The van der Waals surface area contributed by atoms with Gasteiger partial charge in [-0.3, -0.25) is 14.9 Å². The molecule has 1 aromatic carbocycles. The molecule has 25 heavy (non-hydrogen) atoms. The fraction of sp³-hybridized carbons (Fsp3) is 0.214. The van der Waals surface area contributed by atoms with Crippen LogP contribution in [0.5, 0.6) is 11.5 Å². The first kappa shape index (κ1) is 18.1. The molecule has 1 aromatic heterocycles. The van der Waals surface area contributed by atoms with Crippen LogP contribution in [0.25, 0.3) is 0 Å². The van der Waals surface area contributed by atoms with E-state index in [1.807, 2.05) is 6.92 Å². The Hall–Kier alpha value is -3.21. The largest absolute Gasteiger partial charge is 0.865 e. The summed E-state index contributed by atoms with van der Waals surface area (Å²) in [5.41, 5.74) is 8.02. The van der Waals surface area contributed by atoms with E-state index in [0.29, 0.717) is 17.0 Å². The van der Waals surface area contributed by atoms with Crippen molar-refractivity contribution in [3.05, 3.63) is 38.4 Å². The number of nitrogens with zero attached hydrogens (tertiary/aromatic N) is 3. The van der Waals surface area contributed by atoms with Crippen LogP contribution in [0.3, 0.4) is 0 Å². The van der Waals surface area contributed by atoms with Gasteiger partial charge in [-0.2, -0.15) is 5.10 Å². The van der Waals surface area contributed by atoms with Crippen molar-refractivity contribution >= 4 is 34.3 Å². The average molecular weight is 364 g/mol. The Morgan fingerprint density at radius 2 is 2.28 bits per heavy atom. The van der Waals surface area contributed by atoms with E-state index in [2.05, 4.69) is 15.5 Å². The molecule has 0 saturated heterocycles. The number of ether oxygens (including phenoxy) is 1. The molecular weight excluding hydrogens is 350 g/mol. The number of hydrazone groups is 1. The number of methoxy groups -OCH3 is 1. The Bertz CT molecular complexity index is 848. The first-order valence-corrected chi connectivity index (χ1v) is 7.81. The smallest absolute Gasteiger partial charge is 0.283 e. The number of hydrogen-bond donors (Lipinski definition) is 2. The number of nitro benzene ring substituents is 1. The van der Waals surface area contributed by atoms with Crippen LogP contribution in [0.2, 0.25) is 0 Å². The number of carbonyl (C=O) groups excluding carboxylic acids is 1. The number of rotatable bonds is 6. The highest BCUT2D eigenvalue weighted by Gasteiger charge is 2.16. The molecular formula is C14H14N5O5S-. The van der Waals surface area contributed by atoms with Gasteiger partial charge in [0.1, 0.15) is 10.6 Å². The molecule has 1 amide bonds. The molecule has 0 bridgehead atoms. The van der Waals surface area contributed by atoms with E-state index in [-0.39, 0.29) is 16.4 Å². The molecule has 3 N–H and O–H groups in total. The number of amides is 1. The summed E-state index contributed by atoms with van der Waals surface area (Å²) < 4.78 is 4.82. The van der Waals surface area contributed by atoms with Crippen molar-refractivity contribution in [2.24, 2.45) is 5.10 Å². The van der Waals surface area contributed by atoms with Gasteiger partial charge in [0, 0.05) is 17.4 Å². The molecule has 0 fully saturated rings. The van der Waals surface area contributed by atoms with Gasteiger partial charge in [0.05, 0.1) is 23.9 Å². The summed E-state index contributed by atoms with van der Waals surface area (Å²) in [6.07, 6.45) is 1.71. The number of thiazole rings is 1. The third kappa shape index (κ3) is 4.01. The van der Waals surface area contributed by atoms with E-state index < -0.39 is 22.3 Å². The minimum atomic E-state index is -0.832. The summed E-state index contributed by atoms with van der Waals surface area (Å²) >= 11 is 1.04. The lowest BCUT2D eigenvalue weighted by Crippen LogP contribution is -2.17. The van der Waals surface area contributed by atoms with Crippen LogP contribution in [0.4, 0.5) is 10.8 Å². The van der Waals surface area contributed by atoms with Crippen LogP contribution in [0, 0.1) is 10.1 Å². The van der Waals surface area contributed by atoms with Crippen LogP contribution < -0.4 is 21.0 Å². The van der Waals surface area contributed by atoms with E-state index in [1.54, 1.807) is 0 Å². The number of anilines is 1. The lowest BCUT2D eigenvalue weighted by Gasteiger charge is -2.12. The van der Waals surface area contributed by atoms with E-state index in [4.69, 9.17) is 10.5 Å². The van der Waals surface area contributed by atoms with Gasteiger partial charge in [0.25, 0.3) is 11.6 Å². The van der Waals surface area contributed by atoms with Crippen LogP contribution in [0.15, 0.2) is 17.2 Å². The molecule has 0 aliphatic heterocycles. The topological polar surface area (TPSA) is 156 Å². The molecule has 0 aliphatic rings. The molecule has 2 rings (SSSR count). The summed E-state index contributed by atoms with van der Waals surface area (Å²) in [7, 11) is 1.23. The maximum Gasteiger partial charge on any atom is 0.283 e. The molecule has 0 aliphatic carbocycles. The molecule has 0 unspecified atom stereocenters. The Balaban J connectivity index is 2.20. The number of nitrogens with two attached hydrogens (primary N) is 1. The molecule has 0 radical (unpaired) electrons. The molecule has 0 saturated carbocycles. The Morgan fingerprint density at radius 1 is 1.56 bits per heavy atom. The highest BCUT2D eigenvalue weighted by Crippen LogP contribution is 2.33. The van der Waals surface area contributed by atoms with Crippen LogP contribution >= 0.6 is 11.3 Å². The third-order valence-corrected chi connectivity index (χ3v) is 4.03.